The van der Waals surface area contributed by atoms with Crippen molar-refractivity contribution >= 4 is 0 Å². The van der Waals surface area contributed by atoms with Gasteiger partial charge in [-0.3, -0.25) is 0 Å². The molecule has 4 fully saturated rings. The van der Waals surface area contributed by atoms with E-state index in [1.54, 1.807) is 0 Å². The predicted molar refractivity (Wildman–Crippen MR) is 120 cm³/mol. The number of allylic oxidation sites excluding steroid dienone is 2. The highest BCUT2D eigenvalue weighted by atomic mass is 19.4. The minimum Gasteiger partial charge on any atom is -0.378 e. The van der Waals surface area contributed by atoms with Crippen LogP contribution >= 0.6 is 0 Å². The second-order valence-corrected chi connectivity index (χ2v) is 11.6. The predicted octanol–water partition coefficient (Wildman–Crippen LogP) is 8.64. The van der Waals surface area contributed by atoms with Gasteiger partial charge in [0.05, 0.1) is 18.8 Å². The summed E-state index contributed by atoms with van der Waals surface area (Å²) < 4.78 is 57.6. The van der Waals surface area contributed by atoms with Gasteiger partial charge >= 0.3 is 6.18 Å². The van der Waals surface area contributed by atoms with Gasteiger partial charge < -0.3 is 4.74 Å². The smallest absolute Gasteiger partial charge is 0.378 e. The van der Waals surface area contributed by atoms with Gasteiger partial charge in [0.1, 0.15) is 5.83 Å². The lowest BCUT2D eigenvalue weighted by Crippen LogP contribution is -2.37. The first kappa shape index (κ1) is 24.5. The van der Waals surface area contributed by atoms with E-state index in [9.17, 15) is 17.6 Å². The van der Waals surface area contributed by atoms with E-state index >= 15 is 0 Å². The zero-order valence-corrected chi connectivity index (χ0v) is 19.7. The van der Waals surface area contributed by atoms with Gasteiger partial charge in [-0.05, 0) is 113 Å². The summed E-state index contributed by atoms with van der Waals surface area (Å²) in [5.41, 5.74) is 0. The summed E-state index contributed by atoms with van der Waals surface area (Å²) in [6, 6.07) is 0. The summed E-state index contributed by atoms with van der Waals surface area (Å²) in [5.74, 6) is 2.99. The monoisotopic (exact) mass is 458 g/mol. The molecule has 1 heterocycles. The van der Waals surface area contributed by atoms with Crippen LogP contribution in [0.2, 0.25) is 0 Å². The number of ether oxygens (including phenoxy) is 1. The largest absolute Gasteiger partial charge is 0.412 e. The van der Waals surface area contributed by atoms with Crippen molar-refractivity contribution in [2.45, 2.75) is 109 Å². The third kappa shape index (κ3) is 6.51. The Kier molecular flexibility index (Phi) is 8.27. The molecule has 3 saturated carbocycles. The van der Waals surface area contributed by atoms with Crippen LogP contribution in [0.4, 0.5) is 17.6 Å². The maximum Gasteiger partial charge on any atom is 0.412 e. The van der Waals surface area contributed by atoms with Crippen LogP contribution in [0.25, 0.3) is 0 Å². The summed E-state index contributed by atoms with van der Waals surface area (Å²) in [6.45, 7) is 3.35. The lowest BCUT2D eigenvalue weighted by molar-refractivity contribution is -0.0823. The van der Waals surface area contributed by atoms with Crippen LogP contribution in [0.1, 0.15) is 96.8 Å². The molecule has 4 rings (SSSR count). The number of hydrogen-bond acceptors (Lipinski definition) is 1. The van der Waals surface area contributed by atoms with Crippen molar-refractivity contribution in [1.29, 1.82) is 0 Å². The molecule has 2 atom stereocenters. The average molecular weight is 459 g/mol. The molecule has 0 radical (unpaired) electrons. The van der Waals surface area contributed by atoms with E-state index in [2.05, 4.69) is 6.92 Å². The Balaban J connectivity index is 1.16. The number of halogens is 4. The number of hydrogen-bond donors (Lipinski definition) is 0. The van der Waals surface area contributed by atoms with Gasteiger partial charge in [0.25, 0.3) is 0 Å². The minimum atomic E-state index is -4.55. The summed E-state index contributed by atoms with van der Waals surface area (Å²) in [5, 5.41) is 0. The lowest BCUT2D eigenvalue weighted by Gasteiger charge is -2.42. The molecular weight excluding hydrogens is 416 g/mol. The van der Waals surface area contributed by atoms with Crippen LogP contribution in [0.5, 0.6) is 0 Å². The molecule has 2 unspecified atom stereocenters. The first-order valence-electron chi connectivity index (χ1n) is 13.3. The topological polar surface area (TPSA) is 9.23 Å². The molecule has 184 valence electrons. The number of rotatable bonds is 4. The minimum absolute atomic E-state index is 0.132. The van der Waals surface area contributed by atoms with E-state index in [1.165, 1.54) is 64.2 Å². The van der Waals surface area contributed by atoms with Crippen LogP contribution in [0, 0.1) is 41.4 Å². The van der Waals surface area contributed by atoms with Crippen molar-refractivity contribution in [3.8, 4) is 0 Å². The molecule has 1 aliphatic heterocycles. The van der Waals surface area contributed by atoms with Crippen molar-refractivity contribution in [3.05, 3.63) is 11.9 Å². The fourth-order valence-corrected chi connectivity index (χ4v) is 7.42. The Bertz CT molecular complexity index is 598. The van der Waals surface area contributed by atoms with Crippen LogP contribution in [0.15, 0.2) is 11.9 Å². The van der Waals surface area contributed by atoms with Gasteiger partial charge in [0.15, 0.2) is 0 Å². The summed E-state index contributed by atoms with van der Waals surface area (Å²) in [6.07, 6.45) is 11.6. The van der Waals surface area contributed by atoms with Crippen LogP contribution < -0.4 is 0 Å². The fourth-order valence-electron chi connectivity index (χ4n) is 7.42. The van der Waals surface area contributed by atoms with Crippen LogP contribution in [-0.2, 0) is 4.74 Å². The highest BCUT2D eigenvalue weighted by Gasteiger charge is 2.38. The molecule has 1 nitrogen and oxygen atoms in total. The zero-order valence-electron chi connectivity index (χ0n) is 19.7. The van der Waals surface area contributed by atoms with Crippen LogP contribution in [-0.4, -0.2) is 18.9 Å². The lowest BCUT2D eigenvalue weighted by atomic mass is 9.67. The first-order chi connectivity index (χ1) is 15.3. The van der Waals surface area contributed by atoms with Gasteiger partial charge in [-0.2, -0.15) is 13.2 Å². The first-order valence-corrected chi connectivity index (χ1v) is 13.3. The van der Waals surface area contributed by atoms with Gasteiger partial charge in [0, 0.05) is 5.92 Å². The average Bonchev–Trinajstić information content (AvgIpc) is 2.79. The van der Waals surface area contributed by atoms with Gasteiger partial charge in [-0.15, -0.1) is 0 Å². The van der Waals surface area contributed by atoms with E-state index in [0.717, 1.165) is 37.2 Å². The van der Waals surface area contributed by atoms with Crippen LogP contribution in [0.3, 0.4) is 0 Å². The SMILES string of the molecule is CC1CCC(C2CCC(C3CCC(C4CCC(/C(F)=C/C(F)(F)F)CC4)CC3)OC2)CC1. The second-order valence-electron chi connectivity index (χ2n) is 11.6. The third-order valence-corrected chi connectivity index (χ3v) is 9.55. The van der Waals surface area contributed by atoms with E-state index in [-0.39, 0.29) is 6.08 Å². The molecule has 0 amide bonds. The fraction of sp³-hybridized carbons (Fsp3) is 0.926. The molecule has 4 aliphatic rings. The van der Waals surface area contributed by atoms with E-state index in [4.69, 9.17) is 4.74 Å². The van der Waals surface area contributed by atoms with Crippen molar-refractivity contribution in [2.75, 3.05) is 6.61 Å². The standard InChI is InChI=1S/C27H42F4O/c1-18-2-4-21(5-3-18)24-14-15-26(32-17-24)23-12-8-20(9-13-23)19-6-10-22(11-7-19)25(28)16-27(29,30)31/h16,18-24,26H,2-15,17H2,1H3/b25-16-. The molecule has 1 saturated heterocycles. The Hall–Kier alpha value is -0.580. The highest BCUT2D eigenvalue weighted by Crippen LogP contribution is 2.46. The summed E-state index contributed by atoms with van der Waals surface area (Å²) in [4.78, 5) is 0. The molecule has 0 aromatic carbocycles. The van der Waals surface area contributed by atoms with E-state index in [0.29, 0.717) is 36.7 Å². The quantitative estimate of drug-likeness (QED) is 0.383. The zero-order chi connectivity index (χ0) is 22.7. The highest BCUT2D eigenvalue weighted by molar-refractivity contribution is 5.03. The van der Waals surface area contributed by atoms with E-state index in [1.807, 2.05) is 0 Å². The normalized spacial score (nSPS) is 42.6. The van der Waals surface area contributed by atoms with Gasteiger partial charge in [-0.25, -0.2) is 4.39 Å². The Morgan fingerprint density at radius 2 is 1.12 bits per heavy atom. The Morgan fingerprint density at radius 1 is 0.656 bits per heavy atom. The molecule has 5 heteroatoms. The summed E-state index contributed by atoms with van der Waals surface area (Å²) >= 11 is 0. The molecule has 0 aromatic rings. The molecule has 0 N–H and O–H groups in total. The molecular formula is C27H42F4O. The molecule has 3 aliphatic carbocycles. The van der Waals surface area contributed by atoms with E-state index < -0.39 is 17.9 Å². The molecule has 0 aromatic heterocycles. The maximum absolute atomic E-state index is 13.9. The maximum atomic E-state index is 13.9. The van der Waals surface area contributed by atoms with Gasteiger partial charge in [-0.1, -0.05) is 19.8 Å². The third-order valence-electron chi connectivity index (χ3n) is 9.55. The molecule has 0 spiro atoms. The van der Waals surface area contributed by atoms with Crippen molar-refractivity contribution in [2.24, 2.45) is 41.4 Å². The Morgan fingerprint density at radius 3 is 1.66 bits per heavy atom. The van der Waals surface area contributed by atoms with Crippen molar-refractivity contribution < 1.29 is 22.3 Å². The second kappa shape index (κ2) is 10.8. The molecule has 0 bridgehead atoms. The van der Waals surface area contributed by atoms with Crippen molar-refractivity contribution in [1.82, 2.24) is 0 Å². The van der Waals surface area contributed by atoms with Crippen molar-refractivity contribution in [3.63, 3.8) is 0 Å². The van der Waals surface area contributed by atoms with Gasteiger partial charge in [0.2, 0.25) is 0 Å². The summed E-state index contributed by atoms with van der Waals surface area (Å²) in [7, 11) is 0. The number of alkyl halides is 3. The molecule has 32 heavy (non-hydrogen) atoms. The Labute approximate surface area is 191 Å².